The van der Waals surface area contributed by atoms with Gasteiger partial charge < -0.3 is 9.72 Å². The van der Waals surface area contributed by atoms with E-state index in [2.05, 4.69) is 9.98 Å². The van der Waals surface area contributed by atoms with Gasteiger partial charge in [0.05, 0.1) is 23.7 Å². The van der Waals surface area contributed by atoms with Crippen molar-refractivity contribution in [3.63, 3.8) is 0 Å². The fraction of sp³-hybridized carbons (Fsp3) is 0.294. The maximum atomic E-state index is 12.7. The smallest absolute Gasteiger partial charge is 0.243 e. The molecule has 0 unspecified atom stereocenters. The molecule has 9 heteroatoms. The lowest BCUT2D eigenvalue weighted by atomic mass is 10.1. The Morgan fingerprint density at radius 1 is 1.31 bits per heavy atom. The molecule has 2 aromatic rings. The van der Waals surface area contributed by atoms with Crippen LogP contribution in [0, 0.1) is 5.41 Å². The number of H-pyrrole nitrogens is 1. The Morgan fingerprint density at radius 2 is 1.96 bits per heavy atom. The van der Waals surface area contributed by atoms with E-state index < -0.39 is 10.0 Å². The van der Waals surface area contributed by atoms with Crippen molar-refractivity contribution in [2.75, 3.05) is 26.3 Å². The fourth-order valence-corrected chi connectivity index (χ4v) is 4.29. The number of nitrogens with zero attached hydrogens (tertiary/aromatic N) is 2. The van der Waals surface area contributed by atoms with Crippen LogP contribution in [-0.4, -0.2) is 55.4 Å². The first-order valence-electron chi connectivity index (χ1n) is 8.08. The molecule has 0 aliphatic carbocycles. The molecule has 138 valence electrons. The Morgan fingerprint density at radius 3 is 2.54 bits per heavy atom. The monoisotopic (exact) mass is 394 g/mol. The van der Waals surface area contributed by atoms with E-state index in [9.17, 15) is 8.42 Å². The first-order chi connectivity index (χ1) is 12.4. The second-order valence-corrected chi connectivity index (χ2v) is 8.00. The number of morpholine rings is 1. The molecule has 1 aromatic heterocycles. The van der Waals surface area contributed by atoms with Gasteiger partial charge in [0.15, 0.2) is 0 Å². The molecule has 1 aromatic carbocycles. The number of aromatic nitrogens is 1. The van der Waals surface area contributed by atoms with Gasteiger partial charge in [-0.05, 0) is 30.7 Å². The quantitative estimate of drug-likeness (QED) is 0.762. The Labute approximate surface area is 157 Å². The van der Waals surface area contributed by atoms with Gasteiger partial charge in [-0.3, -0.25) is 5.41 Å². The van der Waals surface area contributed by atoms with E-state index in [0.717, 1.165) is 5.56 Å². The molecule has 0 atom stereocenters. The molecule has 0 saturated carbocycles. The highest BCUT2D eigenvalue weighted by molar-refractivity contribution is 7.89. The van der Waals surface area contributed by atoms with E-state index in [-0.39, 0.29) is 10.1 Å². The lowest BCUT2D eigenvalue weighted by Gasteiger charge is -2.26. The largest absolute Gasteiger partial charge is 0.379 e. The fourth-order valence-electron chi connectivity index (χ4n) is 2.74. The Balaban J connectivity index is 1.90. The molecule has 2 heterocycles. The summed E-state index contributed by atoms with van der Waals surface area (Å²) in [6, 6.07) is 8.33. The van der Waals surface area contributed by atoms with Crippen LogP contribution in [0.15, 0.2) is 40.2 Å². The molecule has 1 fully saturated rings. The summed E-state index contributed by atoms with van der Waals surface area (Å²) in [5, 5.41) is 7.52. The highest BCUT2D eigenvalue weighted by Crippen LogP contribution is 2.29. The summed E-state index contributed by atoms with van der Waals surface area (Å²) in [6.45, 7) is 3.31. The molecule has 0 radical (unpaired) electrons. The number of hydrogen-bond acceptors (Lipinski definition) is 5. The summed E-state index contributed by atoms with van der Waals surface area (Å²) in [4.78, 5) is 7.52. The van der Waals surface area contributed by atoms with E-state index in [0.29, 0.717) is 43.4 Å². The lowest BCUT2D eigenvalue weighted by Crippen LogP contribution is -2.40. The number of sulfonamides is 1. The van der Waals surface area contributed by atoms with Crippen molar-refractivity contribution >= 4 is 38.8 Å². The van der Waals surface area contributed by atoms with Crippen molar-refractivity contribution in [1.82, 2.24) is 9.29 Å². The van der Waals surface area contributed by atoms with Crippen molar-refractivity contribution in [2.45, 2.75) is 11.8 Å². The van der Waals surface area contributed by atoms with Gasteiger partial charge in [-0.25, -0.2) is 13.4 Å². The molecule has 1 saturated heterocycles. The summed E-state index contributed by atoms with van der Waals surface area (Å²) in [7, 11) is -3.52. The predicted molar refractivity (Wildman–Crippen MR) is 102 cm³/mol. The van der Waals surface area contributed by atoms with Crippen LogP contribution in [0.1, 0.15) is 12.5 Å². The van der Waals surface area contributed by atoms with Gasteiger partial charge in [0.25, 0.3) is 0 Å². The van der Waals surface area contributed by atoms with Crippen molar-refractivity contribution in [1.29, 1.82) is 5.41 Å². The number of benzene rings is 1. The Bertz CT molecular complexity index is 929. The highest BCUT2D eigenvalue weighted by atomic mass is 35.5. The minimum absolute atomic E-state index is 0.111. The first-order valence-corrected chi connectivity index (χ1v) is 9.89. The number of nitrogens with one attached hydrogen (secondary N) is 2. The molecule has 1 aliphatic heterocycles. The summed E-state index contributed by atoms with van der Waals surface area (Å²) in [5.41, 5.74) is 1.98. The van der Waals surface area contributed by atoms with Gasteiger partial charge in [-0.2, -0.15) is 4.31 Å². The lowest BCUT2D eigenvalue weighted by molar-refractivity contribution is 0.0730. The summed E-state index contributed by atoms with van der Waals surface area (Å²) >= 11 is 5.81. The van der Waals surface area contributed by atoms with Gasteiger partial charge in [-0.1, -0.05) is 23.7 Å². The predicted octanol–water partition coefficient (Wildman–Crippen LogP) is 2.99. The summed E-state index contributed by atoms with van der Waals surface area (Å²) in [5.74, 6) is 0.493. The van der Waals surface area contributed by atoms with Crippen LogP contribution >= 0.6 is 11.6 Å². The number of aromatic amines is 1. The minimum atomic E-state index is -3.52. The minimum Gasteiger partial charge on any atom is -0.379 e. The van der Waals surface area contributed by atoms with Crippen LogP contribution in [0.25, 0.3) is 11.3 Å². The first kappa shape index (κ1) is 18.8. The Kier molecular flexibility index (Phi) is 5.57. The molecule has 3 rings (SSSR count). The number of hydrogen-bond donors (Lipinski definition) is 2. The number of ether oxygens (including phenoxy) is 1. The molecule has 26 heavy (non-hydrogen) atoms. The van der Waals surface area contributed by atoms with Gasteiger partial charge >= 0.3 is 0 Å². The van der Waals surface area contributed by atoms with Crippen molar-refractivity contribution in [2.24, 2.45) is 4.99 Å². The normalized spacial score (nSPS) is 16.2. The second-order valence-electron chi connectivity index (χ2n) is 5.69. The maximum Gasteiger partial charge on any atom is 0.243 e. The zero-order chi connectivity index (χ0) is 18.7. The third kappa shape index (κ3) is 3.73. The van der Waals surface area contributed by atoms with Crippen LogP contribution in [-0.2, 0) is 14.8 Å². The van der Waals surface area contributed by atoms with E-state index in [4.69, 9.17) is 21.7 Å². The molecule has 0 bridgehead atoms. The number of rotatable bonds is 5. The molecule has 0 spiro atoms. The molecular weight excluding hydrogens is 376 g/mol. The highest BCUT2D eigenvalue weighted by Gasteiger charge is 2.26. The Hall–Kier alpha value is -2.00. The summed E-state index contributed by atoms with van der Waals surface area (Å²) < 4.78 is 32.0. The SMILES string of the molecule is CC=Nc1[nH]c(-c2ccc(S(=O)(=O)N3CCOCC3)cc2)cc1C(=N)Cl. The van der Waals surface area contributed by atoms with Crippen LogP contribution in [0.2, 0.25) is 0 Å². The van der Waals surface area contributed by atoms with E-state index in [1.807, 2.05) is 0 Å². The second kappa shape index (κ2) is 7.71. The van der Waals surface area contributed by atoms with Crippen molar-refractivity contribution < 1.29 is 13.2 Å². The molecule has 0 amide bonds. The maximum absolute atomic E-state index is 12.7. The number of aliphatic imine (C=N–C) groups is 1. The van der Waals surface area contributed by atoms with Crippen LogP contribution < -0.4 is 0 Å². The standard InChI is InChI=1S/C17H19ClN4O3S/c1-2-20-17-14(16(18)19)11-15(21-17)12-3-5-13(6-4-12)26(23,24)22-7-9-25-10-8-22/h2-6,11,19,21H,7-10H2,1H3. The molecule has 7 nitrogen and oxygen atoms in total. The van der Waals surface area contributed by atoms with E-state index in [1.165, 1.54) is 4.31 Å². The average Bonchev–Trinajstić information content (AvgIpc) is 3.07. The third-order valence-corrected chi connectivity index (χ3v) is 6.18. The van der Waals surface area contributed by atoms with Gasteiger partial charge in [-0.15, -0.1) is 0 Å². The van der Waals surface area contributed by atoms with Gasteiger partial charge in [0.1, 0.15) is 11.0 Å². The topological polar surface area (TPSA) is 98.6 Å². The molecule has 1 aliphatic rings. The zero-order valence-corrected chi connectivity index (χ0v) is 15.8. The molecule has 2 N–H and O–H groups in total. The van der Waals surface area contributed by atoms with Gasteiger partial charge in [0, 0.05) is 25.0 Å². The van der Waals surface area contributed by atoms with E-state index in [1.54, 1.807) is 43.5 Å². The van der Waals surface area contributed by atoms with Crippen molar-refractivity contribution in [3.8, 4) is 11.3 Å². The third-order valence-electron chi connectivity index (χ3n) is 4.06. The summed E-state index contributed by atoms with van der Waals surface area (Å²) in [6.07, 6.45) is 1.61. The van der Waals surface area contributed by atoms with Crippen molar-refractivity contribution in [3.05, 3.63) is 35.9 Å². The van der Waals surface area contributed by atoms with Crippen LogP contribution in [0.5, 0.6) is 0 Å². The van der Waals surface area contributed by atoms with Gasteiger partial charge in [0.2, 0.25) is 10.0 Å². The zero-order valence-electron chi connectivity index (χ0n) is 14.2. The average molecular weight is 395 g/mol. The van der Waals surface area contributed by atoms with E-state index >= 15 is 0 Å². The molecular formula is C17H19ClN4O3S. The van der Waals surface area contributed by atoms with Crippen LogP contribution in [0.4, 0.5) is 5.82 Å². The number of halogens is 1. The van der Waals surface area contributed by atoms with Crippen LogP contribution in [0.3, 0.4) is 0 Å².